The fraction of sp³-hybridized carbons (Fsp3) is 0.545. The lowest BCUT2D eigenvalue weighted by atomic mass is 10.2. The highest BCUT2D eigenvalue weighted by Crippen LogP contribution is 2.09. The topological polar surface area (TPSA) is 88.5 Å². The van der Waals surface area contributed by atoms with Crippen LogP contribution in [0.3, 0.4) is 0 Å². The molecule has 6 nitrogen and oxygen atoms in total. The third kappa shape index (κ3) is 4.80. The van der Waals surface area contributed by atoms with Crippen LogP contribution in [0.25, 0.3) is 0 Å². The third-order valence-corrected chi connectivity index (χ3v) is 2.73. The lowest BCUT2D eigenvalue weighted by Gasteiger charge is -2.07. The zero-order valence-electron chi connectivity index (χ0n) is 10.3. The minimum atomic E-state index is -1.13. The fourth-order valence-corrected chi connectivity index (χ4v) is 1.76. The molecule has 0 unspecified atom stereocenters. The van der Waals surface area contributed by atoms with Crippen molar-refractivity contribution in [2.45, 2.75) is 13.8 Å². The van der Waals surface area contributed by atoms with E-state index in [0.717, 1.165) is 11.3 Å². The summed E-state index contributed by atoms with van der Waals surface area (Å²) in [6, 6.07) is 0. The molecule has 100 valence electrons. The third-order valence-electron chi connectivity index (χ3n) is 1.90. The maximum atomic E-state index is 11.6. The molecular weight excluding hydrogens is 256 g/mol. The number of carboxylic acid groups (broad SMARTS) is 1. The highest BCUT2D eigenvalue weighted by molar-refractivity contribution is 7.11. The second-order valence-electron chi connectivity index (χ2n) is 4.07. The number of hydrogen-bond donors (Lipinski definition) is 2. The van der Waals surface area contributed by atoms with E-state index in [9.17, 15) is 9.59 Å². The SMILES string of the molecule is CC(C)COCCNC(=O)c1csc(C(=O)O)n1. The van der Waals surface area contributed by atoms with E-state index in [4.69, 9.17) is 9.84 Å². The van der Waals surface area contributed by atoms with E-state index in [0.29, 0.717) is 25.7 Å². The van der Waals surface area contributed by atoms with Crippen LogP contribution in [0.15, 0.2) is 5.38 Å². The predicted molar refractivity (Wildman–Crippen MR) is 67.1 cm³/mol. The summed E-state index contributed by atoms with van der Waals surface area (Å²) in [6.07, 6.45) is 0. The Kier molecular flexibility index (Phi) is 5.73. The van der Waals surface area contributed by atoms with Crippen molar-refractivity contribution in [1.29, 1.82) is 0 Å². The first-order valence-corrected chi connectivity index (χ1v) is 6.43. The summed E-state index contributed by atoms with van der Waals surface area (Å²) in [5.41, 5.74) is 0.126. The summed E-state index contributed by atoms with van der Waals surface area (Å²) < 4.78 is 5.30. The Balaban J connectivity index is 2.30. The summed E-state index contributed by atoms with van der Waals surface area (Å²) in [5.74, 6) is -1.05. The van der Waals surface area contributed by atoms with E-state index in [-0.39, 0.29) is 16.6 Å². The molecule has 0 aliphatic heterocycles. The van der Waals surface area contributed by atoms with Crippen LogP contribution in [-0.4, -0.2) is 41.7 Å². The van der Waals surface area contributed by atoms with Crippen molar-refractivity contribution in [2.24, 2.45) is 5.92 Å². The van der Waals surface area contributed by atoms with E-state index < -0.39 is 5.97 Å². The first kappa shape index (κ1) is 14.6. The first-order chi connectivity index (χ1) is 8.50. The molecule has 2 N–H and O–H groups in total. The van der Waals surface area contributed by atoms with Crippen LogP contribution < -0.4 is 5.32 Å². The number of carbonyl (C=O) groups is 2. The molecule has 0 bridgehead atoms. The summed E-state index contributed by atoms with van der Waals surface area (Å²) in [7, 11) is 0. The van der Waals surface area contributed by atoms with Gasteiger partial charge in [-0.25, -0.2) is 9.78 Å². The first-order valence-electron chi connectivity index (χ1n) is 5.55. The highest BCUT2D eigenvalue weighted by atomic mass is 32.1. The number of aromatic carboxylic acids is 1. The average Bonchev–Trinajstić information content (AvgIpc) is 2.77. The number of nitrogens with one attached hydrogen (secondary N) is 1. The minimum Gasteiger partial charge on any atom is -0.476 e. The molecule has 1 rings (SSSR count). The quantitative estimate of drug-likeness (QED) is 0.729. The van der Waals surface area contributed by atoms with Gasteiger partial charge in [-0.05, 0) is 5.92 Å². The van der Waals surface area contributed by atoms with Crippen LogP contribution in [-0.2, 0) is 4.74 Å². The maximum absolute atomic E-state index is 11.6. The number of amides is 1. The molecule has 18 heavy (non-hydrogen) atoms. The van der Waals surface area contributed by atoms with Gasteiger partial charge in [0.2, 0.25) is 5.01 Å². The molecule has 0 aliphatic carbocycles. The Morgan fingerprint density at radius 1 is 1.56 bits per heavy atom. The van der Waals surface area contributed by atoms with Crippen molar-refractivity contribution in [2.75, 3.05) is 19.8 Å². The van der Waals surface area contributed by atoms with E-state index in [1.807, 2.05) is 13.8 Å². The molecule has 0 saturated carbocycles. The largest absolute Gasteiger partial charge is 0.476 e. The van der Waals surface area contributed by atoms with Gasteiger partial charge in [-0.3, -0.25) is 4.79 Å². The van der Waals surface area contributed by atoms with Gasteiger partial charge in [-0.15, -0.1) is 11.3 Å². The van der Waals surface area contributed by atoms with E-state index in [1.165, 1.54) is 5.38 Å². The highest BCUT2D eigenvalue weighted by Gasteiger charge is 2.13. The maximum Gasteiger partial charge on any atom is 0.365 e. The lowest BCUT2D eigenvalue weighted by Crippen LogP contribution is -2.28. The molecule has 0 spiro atoms. The average molecular weight is 272 g/mol. The fourth-order valence-electron chi connectivity index (χ4n) is 1.12. The van der Waals surface area contributed by atoms with Crippen LogP contribution in [0.1, 0.15) is 34.1 Å². The van der Waals surface area contributed by atoms with Crippen LogP contribution in [0.5, 0.6) is 0 Å². The molecule has 1 amide bonds. The zero-order chi connectivity index (χ0) is 13.5. The number of carbonyl (C=O) groups excluding carboxylic acids is 1. The number of aromatic nitrogens is 1. The Morgan fingerprint density at radius 3 is 2.83 bits per heavy atom. The van der Waals surface area contributed by atoms with Gasteiger partial charge in [0.25, 0.3) is 5.91 Å². The van der Waals surface area contributed by atoms with Crippen molar-refractivity contribution in [3.63, 3.8) is 0 Å². The second-order valence-corrected chi connectivity index (χ2v) is 4.93. The molecule has 0 aromatic carbocycles. The van der Waals surface area contributed by atoms with Gasteiger partial charge in [0.1, 0.15) is 5.69 Å². The summed E-state index contributed by atoms with van der Waals surface area (Å²) in [5, 5.41) is 12.6. The number of hydrogen-bond acceptors (Lipinski definition) is 5. The lowest BCUT2D eigenvalue weighted by molar-refractivity contribution is 0.0696. The van der Waals surface area contributed by atoms with Crippen LogP contribution >= 0.6 is 11.3 Å². The Labute approximate surface area is 109 Å². The molecule has 0 saturated heterocycles. The Hall–Kier alpha value is -1.47. The van der Waals surface area contributed by atoms with Crippen molar-refractivity contribution >= 4 is 23.2 Å². The van der Waals surface area contributed by atoms with Gasteiger partial charge in [0.05, 0.1) is 6.61 Å². The van der Waals surface area contributed by atoms with Gasteiger partial charge >= 0.3 is 5.97 Å². The van der Waals surface area contributed by atoms with Crippen molar-refractivity contribution in [3.05, 3.63) is 16.1 Å². The van der Waals surface area contributed by atoms with Crippen molar-refractivity contribution in [1.82, 2.24) is 10.3 Å². The molecule has 1 heterocycles. The number of carboxylic acids is 1. The Morgan fingerprint density at radius 2 is 2.28 bits per heavy atom. The summed E-state index contributed by atoms with van der Waals surface area (Å²) in [6.45, 7) is 5.55. The molecule has 7 heteroatoms. The van der Waals surface area contributed by atoms with Gasteiger partial charge in [0.15, 0.2) is 0 Å². The standard InChI is InChI=1S/C11H16N2O4S/c1-7(2)5-17-4-3-12-9(14)8-6-18-10(13-8)11(15)16/h6-7H,3-5H2,1-2H3,(H,12,14)(H,15,16). The molecule has 0 atom stereocenters. The van der Waals surface area contributed by atoms with Crippen LogP contribution in [0, 0.1) is 5.92 Å². The molecule has 0 radical (unpaired) electrons. The van der Waals surface area contributed by atoms with Crippen molar-refractivity contribution < 1.29 is 19.4 Å². The van der Waals surface area contributed by atoms with Crippen LogP contribution in [0.2, 0.25) is 0 Å². The van der Waals surface area contributed by atoms with E-state index in [1.54, 1.807) is 0 Å². The zero-order valence-corrected chi connectivity index (χ0v) is 11.1. The minimum absolute atomic E-state index is 0.0868. The molecule has 0 fully saturated rings. The molecule has 0 aliphatic rings. The van der Waals surface area contributed by atoms with Gasteiger partial charge in [-0.2, -0.15) is 0 Å². The van der Waals surface area contributed by atoms with Gasteiger partial charge < -0.3 is 15.2 Å². The second kappa shape index (κ2) is 7.07. The number of nitrogens with zero attached hydrogens (tertiary/aromatic N) is 1. The molecule has 1 aromatic rings. The predicted octanol–water partition coefficient (Wildman–Crippen LogP) is 1.24. The van der Waals surface area contributed by atoms with Gasteiger partial charge in [0, 0.05) is 18.5 Å². The van der Waals surface area contributed by atoms with Gasteiger partial charge in [-0.1, -0.05) is 13.8 Å². The monoisotopic (exact) mass is 272 g/mol. The number of rotatable bonds is 7. The Bertz CT molecular complexity index is 417. The number of thiazole rings is 1. The van der Waals surface area contributed by atoms with E-state index >= 15 is 0 Å². The normalized spacial score (nSPS) is 10.6. The summed E-state index contributed by atoms with van der Waals surface area (Å²) >= 11 is 0.931. The molecular formula is C11H16N2O4S. The molecule has 1 aromatic heterocycles. The summed E-state index contributed by atoms with van der Waals surface area (Å²) in [4.78, 5) is 25.9. The smallest absolute Gasteiger partial charge is 0.365 e. The van der Waals surface area contributed by atoms with E-state index in [2.05, 4.69) is 10.3 Å². The van der Waals surface area contributed by atoms with Crippen LogP contribution in [0.4, 0.5) is 0 Å². The van der Waals surface area contributed by atoms with Crippen molar-refractivity contribution in [3.8, 4) is 0 Å². The number of ether oxygens (including phenoxy) is 1.